The van der Waals surface area contributed by atoms with E-state index >= 15 is 0 Å². The van der Waals surface area contributed by atoms with Crippen LogP contribution in [0.2, 0.25) is 0 Å². The second kappa shape index (κ2) is 8.15. The van der Waals surface area contributed by atoms with Gasteiger partial charge in [-0.2, -0.15) is 0 Å². The highest BCUT2D eigenvalue weighted by Crippen LogP contribution is 2.35. The number of carbonyl (C=O) groups is 2. The van der Waals surface area contributed by atoms with Crippen LogP contribution in [0.3, 0.4) is 0 Å². The van der Waals surface area contributed by atoms with Gasteiger partial charge in [-0.3, -0.25) is 9.59 Å². The van der Waals surface area contributed by atoms with Gasteiger partial charge in [0.1, 0.15) is 0 Å². The van der Waals surface area contributed by atoms with Gasteiger partial charge < -0.3 is 10.2 Å². The maximum atomic E-state index is 12.7. The molecule has 1 atom stereocenters. The minimum Gasteiger partial charge on any atom is -0.348 e. The minimum atomic E-state index is -0.0295. The minimum absolute atomic E-state index is 0.0143. The van der Waals surface area contributed by atoms with Crippen molar-refractivity contribution in [1.82, 2.24) is 10.2 Å². The molecule has 1 N–H and O–H groups in total. The van der Waals surface area contributed by atoms with E-state index in [4.69, 9.17) is 0 Å². The molecule has 1 aromatic heterocycles. The summed E-state index contributed by atoms with van der Waals surface area (Å²) in [5, 5.41) is 5.32. The largest absolute Gasteiger partial charge is 0.348 e. The first-order valence-corrected chi connectivity index (χ1v) is 9.82. The van der Waals surface area contributed by atoms with Gasteiger partial charge in [-0.15, -0.1) is 11.3 Å². The van der Waals surface area contributed by atoms with Crippen LogP contribution >= 0.6 is 11.3 Å². The fourth-order valence-corrected chi connectivity index (χ4v) is 4.21. The molecule has 0 aliphatic carbocycles. The van der Waals surface area contributed by atoms with Crippen molar-refractivity contribution in [2.24, 2.45) is 11.3 Å². The molecule has 0 saturated carbocycles. The quantitative estimate of drug-likeness (QED) is 0.873. The molecular formula is C19H30N2O2S. The zero-order valence-electron chi connectivity index (χ0n) is 15.3. The SMILES string of the molecule is CCCC(=O)N1CCC(C(=O)NC(c2cccs2)C(C)(C)C)CC1. The van der Waals surface area contributed by atoms with Crippen LogP contribution in [0.15, 0.2) is 17.5 Å². The highest BCUT2D eigenvalue weighted by molar-refractivity contribution is 7.10. The normalized spacial score (nSPS) is 17.6. The van der Waals surface area contributed by atoms with Gasteiger partial charge in [0, 0.05) is 30.3 Å². The number of rotatable bonds is 5. The number of thiophene rings is 1. The lowest BCUT2D eigenvalue weighted by Crippen LogP contribution is -2.45. The van der Waals surface area contributed by atoms with Crippen molar-refractivity contribution < 1.29 is 9.59 Å². The monoisotopic (exact) mass is 350 g/mol. The number of likely N-dealkylation sites (tertiary alicyclic amines) is 1. The molecule has 1 saturated heterocycles. The lowest BCUT2D eigenvalue weighted by molar-refractivity contribution is -0.136. The third kappa shape index (κ3) is 4.82. The van der Waals surface area contributed by atoms with E-state index in [-0.39, 0.29) is 29.2 Å². The van der Waals surface area contributed by atoms with E-state index in [1.54, 1.807) is 11.3 Å². The van der Waals surface area contributed by atoms with E-state index in [9.17, 15) is 9.59 Å². The van der Waals surface area contributed by atoms with Crippen molar-refractivity contribution in [3.8, 4) is 0 Å². The fraction of sp³-hybridized carbons (Fsp3) is 0.684. The third-order valence-electron chi connectivity index (χ3n) is 4.66. The molecule has 1 fully saturated rings. The number of piperidine rings is 1. The van der Waals surface area contributed by atoms with E-state index in [1.807, 2.05) is 17.9 Å². The lowest BCUT2D eigenvalue weighted by atomic mass is 9.85. The molecule has 0 radical (unpaired) electrons. The Morgan fingerprint density at radius 2 is 2.00 bits per heavy atom. The average molecular weight is 351 g/mol. The second-order valence-corrected chi connectivity index (χ2v) is 8.71. The summed E-state index contributed by atoms with van der Waals surface area (Å²) in [6.07, 6.45) is 3.03. The van der Waals surface area contributed by atoms with Crippen molar-refractivity contribution in [1.29, 1.82) is 0 Å². The zero-order chi connectivity index (χ0) is 17.7. The molecule has 0 bridgehead atoms. The van der Waals surface area contributed by atoms with Crippen LogP contribution in [0.4, 0.5) is 0 Å². The molecule has 24 heavy (non-hydrogen) atoms. The summed E-state index contributed by atoms with van der Waals surface area (Å²) in [6.45, 7) is 9.90. The van der Waals surface area contributed by atoms with Crippen LogP contribution < -0.4 is 5.32 Å². The summed E-state index contributed by atoms with van der Waals surface area (Å²) in [6, 6.07) is 4.15. The van der Waals surface area contributed by atoms with Crippen molar-refractivity contribution in [3.63, 3.8) is 0 Å². The van der Waals surface area contributed by atoms with E-state index < -0.39 is 0 Å². The number of hydrogen-bond donors (Lipinski definition) is 1. The Bertz CT molecular complexity index is 540. The number of nitrogens with one attached hydrogen (secondary N) is 1. The van der Waals surface area contributed by atoms with Gasteiger partial charge in [-0.25, -0.2) is 0 Å². The first kappa shape index (κ1) is 19.0. The zero-order valence-corrected chi connectivity index (χ0v) is 16.1. The van der Waals surface area contributed by atoms with Crippen LogP contribution in [-0.2, 0) is 9.59 Å². The summed E-state index contributed by atoms with van der Waals surface area (Å²) in [4.78, 5) is 27.8. The molecule has 1 aliphatic heterocycles. The Kier molecular flexibility index (Phi) is 6.44. The molecule has 0 spiro atoms. The van der Waals surface area contributed by atoms with E-state index in [1.165, 1.54) is 4.88 Å². The summed E-state index contributed by atoms with van der Waals surface area (Å²) in [5.41, 5.74) is -0.0295. The number of nitrogens with zero attached hydrogens (tertiary/aromatic N) is 1. The average Bonchev–Trinajstić information content (AvgIpc) is 3.05. The van der Waals surface area contributed by atoms with Crippen molar-refractivity contribution in [3.05, 3.63) is 22.4 Å². The van der Waals surface area contributed by atoms with Crippen LogP contribution in [0.5, 0.6) is 0 Å². The Morgan fingerprint density at radius 1 is 1.33 bits per heavy atom. The Labute approximate surface area is 149 Å². The first-order valence-electron chi connectivity index (χ1n) is 8.94. The molecule has 2 heterocycles. The molecule has 1 aliphatic rings. The van der Waals surface area contributed by atoms with Crippen LogP contribution in [0.1, 0.15) is 64.3 Å². The van der Waals surface area contributed by atoms with E-state index in [0.717, 1.165) is 19.3 Å². The maximum Gasteiger partial charge on any atom is 0.223 e. The van der Waals surface area contributed by atoms with Crippen LogP contribution in [0, 0.1) is 11.3 Å². The molecule has 2 amide bonds. The molecule has 1 aromatic rings. The summed E-state index contributed by atoms with van der Waals surface area (Å²) in [5.74, 6) is 0.369. The Hall–Kier alpha value is -1.36. The molecule has 134 valence electrons. The molecule has 1 unspecified atom stereocenters. The molecule has 0 aromatic carbocycles. The lowest BCUT2D eigenvalue weighted by Gasteiger charge is -2.35. The van der Waals surface area contributed by atoms with Crippen LogP contribution in [0.25, 0.3) is 0 Å². The predicted molar refractivity (Wildman–Crippen MR) is 98.9 cm³/mol. The van der Waals surface area contributed by atoms with Gasteiger partial charge in [-0.1, -0.05) is 33.8 Å². The van der Waals surface area contributed by atoms with Crippen molar-refractivity contribution in [2.45, 2.75) is 59.4 Å². The molecule has 5 heteroatoms. The number of amides is 2. The standard InChI is InChI=1S/C19H30N2O2S/c1-5-7-16(22)21-11-9-14(10-12-21)18(23)20-17(19(2,3)4)15-8-6-13-24-15/h6,8,13-14,17H,5,7,9-12H2,1-4H3,(H,20,23). The topological polar surface area (TPSA) is 49.4 Å². The molecular weight excluding hydrogens is 320 g/mol. The summed E-state index contributed by atoms with van der Waals surface area (Å²) >= 11 is 1.69. The van der Waals surface area contributed by atoms with E-state index in [0.29, 0.717) is 19.5 Å². The molecule has 4 nitrogen and oxygen atoms in total. The first-order chi connectivity index (χ1) is 11.3. The second-order valence-electron chi connectivity index (χ2n) is 7.73. The highest BCUT2D eigenvalue weighted by Gasteiger charge is 2.32. The number of hydrogen-bond acceptors (Lipinski definition) is 3. The smallest absolute Gasteiger partial charge is 0.223 e. The summed E-state index contributed by atoms with van der Waals surface area (Å²) in [7, 11) is 0. The Morgan fingerprint density at radius 3 is 2.50 bits per heavy atom. The van der Waals surface area contributed by atoms with Gasteiger partial charge in [0.15, 0.2) is 0 Å². The van der Waals surface area contributed by atoms with Crippen molar-refractivity contribution in [2.75, 3.05) is 13.1 Å². The van der Waals surface area contributed by atoms with Gasteiger partial charge in [-0.05, 0) is 36.1 Å². The number of carbonyl (C=O) groups excluding carboxylic acids is 2. The Balaban J connectivity index is 1.94. The summed E-state index contributed by atoms with van der Waals surface area (Å²) < 4.78 is 0. The third-order valence-corrected chi connectivity index (χ3v) is 5.60. The van der Waals surface area contributed by atoms with Gasteiger partial charge in [0.25, 0.3) is 0 Å². The van der Waals surface area contributed by atoms with Gasteiger partial charge >= 0.3 is 0 Å². The van der Waals surface area contributed by atoms with E-state index in [2.05, 4.69) is 37.5 Å². The maximum absolute atomic E-state index is 12.7. The van der Waals surface area contributed by atoms with Gasteiger partial charge in [0.2, 0.25) is 11.8 Å². The highest BCUT2D eigenvalue weighted by atomic mass is 32.1. The molecule has 2 rings (SSSR count). The fourth-order valence-electron chi connectivity index (χ4n) is 3.19. The van der Waals surface area contributed by atoms with Crippen LogP contribution in [-0.4, -0.2) is 29.8 Å². The van der Waals surface area contributed by atoms with Crippen molar-refractivity contribution >= 4 is 23.2 Å². The van der Waals surface area contributed by atoms with Gasteiger partial charge in [0.05, 0.1) is 6.04 Å². The predicted octanol–water partition coefficient (Wildman–Crippen LogP) is 3.99.